The molecule has 1 unspecified atom stereocenters. The van der Waals surface area contributed by atoms with Crippen molar-refractivity contribution in [2.75, 3.05) is 18.9 Å². The summed E-state index contributed by atoms with van der Waals surface area (Å²) in [6, 6.07) is 24.7. The van der Waals surface area contributed by atoms with Crippen molar-refractivity contribution in [3.05, 3.63) is 89.6 Å². The van der Waals surface area contributed by atoms with Gasteiger partial charge >= 0.3 is 0 Å². The summed E-state index contributed by atoms with van der Waals surface area (Å²) < 4.78 is 6.10. The van der Waals surface area contributed by atoms with Crippen LogP contribution in [0.1, 0.15) is 56.4 Å². The summed E-state index contributed by atoms with van der Waals surface area (Å²) in [5.74, 6) is 1.24. The minimum atomic E-state index is 0.0151. The number of anilines is 1. The summed E-state index contributed by atoms with van der Waals surface area (Å²) in [7, 11) is 2.15. The fraction of sp³-hybridized carbons (Fsp3) is 0.333. The van der Waals surface area contributed by atoms with E-state index in [4.69, 9.17) is 4.74 Å². The van der Waals surface area contributed by atoms with Crippen LogP contribution in [0, 0.1) is 5.92 Å². The Hall–Kier alpha value is -3.90. The molecule has 202 valence electrons. The first-order valence-electron chi connectivity index (χ1n) is 13.9. The number of benzene rings is 3. The van der Waals surface area contributed by atoms with E-state index in [0.717, 1.165) is 53.0 Å². The molecule has 2 N–H and O–H groups in total. The summed E-state index contributed by atoms with van der Waals surface area (Å²) in [6.07, 6.45) is 6.13. The number of nitrogens with zero attached hydrogens (tertiary/aromatic N) is 2. The minimum Gasteiger partial charge on any atom is -0.491 e. The lowest BCUT2D eigenvalue weighted by molar-refractivity contribution is -0.117. The van der Waals surface area contributed by atoms with Gasteiger partial charge in [-0.15, -0.1) is 0 Å². The molecule has 1 aliphatic rings. The lowest BCUT2D eigenvalue weighted by atomic mass is 10.1. The first-order chi connectivity index (χ1) is 18.9. The number of H-pyrrole nitrogens is 1. The molecule has 0 saturated heterocycles. The van der Waals surface area contributed by atoms with Gasteiger partial charge in [0.1, 0.15) is 5.75 Å². The molecule has 0 aliphatic heterocycles. The van der Waals surface area contributed by atoms with Crippen LogP contribution in [-0.2, 0) is 4.79 Å². The highest BCUT2D eigenvalue weighted by Gasteiger charge is 2.44. The molecule has 1 saturated carbocycles. The van der Waals surface area contributed by atoms with Crippen molar-refractivity contribution in [2.45, 2.75) is 51.7 Å². The van der Waals surface area contributed by atoms with Gasteiger partial charge in [0.25, 0.3) is 0 Å². The monoisotopic (exact) mass is 522 g/mol. The second kappa shape index (κ2) is 11.9. The third-order valence-corrected chi connectivity index (χ3v) is 7.63. The largest absolute Gasteiger partial charge is 0.491 e. The number of hydrogen-bond acceptors (Lipinski definition) is 4. The van der Waals surface area contributed by atoms with Crippen LogP contribution >= 0.6 is 0 Å². The lowest BCUT2D eigenvalue weighted by Crippen LogP contribution is -2.30. The summed E-state index contributed by atoms with van der Waals surface area (Å²) in [4.78, 5) is 15.0. The van der Waals surface area contributed by atoms with Gasteiger partial charge in [-0.05, 0) is 94.1 Å². The standard InChI is InChI=1S/C33H38N4O2/c1-22(2)37(4)19-18-23(3)39-27-14-10-24(11-15-27)12-17-31-28-16-13-25(20-32(28)36-35-31)29-21-30(29)33(38)34-26-8-6-5-7-9-26/h5-17,20,22-23,29-30H,18-19,21H2,1-4H3,(H,34,38)(H,35,36)/b17-12+/t23?,29-,30+/m0/s1. The second-order valence-electron chi connectivity index (χ2n) is 10.9. The summed E-state index contributed by atoms with van der Waals surface area (Å²) in [5.41, 5.74) is 5.00. The molecule has 0 spiro atoms. The molecule has 6 nitrogen and oxygen atoms in total. The molecule has 1 amide bonds. The van der Waals surface area contributed by atoms with E-state index in [1.165, 1.54) is 5.56 Å². The zero-order valence-electron chi connectivity index (χ0n) is 23.2. The number of aromatic amines is 1. The SMILES string of the molecule is CC(CCN(C)C(C)C)Oc1ccc(/C=C/c2n[nH]c3cc([C@@H]4C[C@H]4C(=O)Nc4ccccc4)ccc23)cc1. The number of fused-ring (bicyclic) bond motifs is 1. The summed E-state index contributed by atoms with van der Waals surface area (Å²) >= 11 is 0. The number of nitrogens with one attached hydrogen (secondary N) is 2. The number of hydrogen-bond donors (Lipinski definition) is 2. The molecule has 0 radical (unpaired) electrons. The van der Waals surface area contributed by atoms with Crippen LogP contribution in [0.15, 0.2) is 72.8 Å². The molecule has 3 atom stereocenters. The van der Waals surface area contributed by atoms with Crippen molar-refractivity contribution in [1.82, 2.24) is 15.1 Å². The zero-order chi connectivity index (χ0) is 27.4. The summed E-state index contributed by atoms with van der Waals surface area (Å²) in [6.45, 7) is 7.56. The maximum absolute atomic E-state index is 12.6. The maximum Gasteiger partial charge on any atom is 0.228 e. The Bertz CT molecular complexity index is 1430. The van der Waals surface area contributed by atoms with Gasteiger partial charge in [-0.25, -0.2) is 0 Å². The Morgan fingerprint density at radius 1 is 1.08 bits per heavy atom. The van der Waals surface area contributed by atoms with Crippen LogP contribution in [0.25, 0.3) is 23.1 Å². The number of carbonyl (C=O) groups is 1. The molecule has 5 rings (SSSR count). The molecule has 0 bridgehead atoms. The Morgan fingerprint density at radius 3 is 2.59 bits per heavy atom. The van der Waals surface area contributed by atoms with Crippen LogP contribution in [0.4, 0.5) is 5.69 Å². The van der Waals surface area contributed by atoms with Crippen molar-refractivity contribution in [3.8, 4) is 5.75 Å². The van der Waals surface area contributed by atoms with Gasteiger partial charge in [0.15, 0.2) is 0 Å². The molecule has 1 fully saturated rings. The topological polar surface area (TPSA) is 70.2 Å². The van der Waals surface area contributed by atoms with Crippen LogP contribution < -0.4 is 10.1 Å². The van der Waals surface area contributed by atoms with E-state index in [9.17, 15) is 4.79 Å². The quantitative estimate of drug-likeness (QED) is 0.223. The van der Waals surface area contributed by atoms with Crippen molar-refractivity contribution in [1.29, 1.82) is 0 Å². The Morgan fingerprint density at radius 2 is 1.85 bits per heavy atom. The van der Waals surface area contributed by atoms with Crippen molar-refractivity contribution >= 4 is 34.6 Å². The fourth-order valence-electron chi connectivity index (χ4n) is 4.79. The molecular formula is C33H38N4O2. The molecule has 1 aromatic heterocycles. The highest BCUT2D eigenvalue weighted by Crippen LogP contribution is 2.48. The number of ether oxygens (including phenoxy) is 1. The van der Waals surface area contributed by atoms with E-state index < -0.39 is 0 Å². The second-order valence-corrected chi connectivity index (χ2v) is 10.9. The van der Waals surface area contributed by atoms with Gasteiger partial charge in [-0.1, -0.05) is 48.5 Å². The minimum absolute atomic E-state index is 0.0151. The number of aromatic nitrogens is 2. The number of rotatable bonds is 11. The number of carbonyl (C=O) groups excluding carboxylic acids is 1. The van der Waals surface area contributed by atoms with E-state index in [1.54, 1.807) is 0 Å². The maximum atomic E-state index is 12.6. The van der Waals surface area contributed by atoms with Crippen LogP contribution in [0.3, 0.4) is 0 Å². The molecule has 1 heterocycles. The van der Waals surface area contributed by atoms with E-state index in [0.29, 0.717) is 6.04 Å². The van der Waals surface area contributed by atoms with E-state index in [-0.39, 0.29) is 23.8 Å². The third kappa shape index (κ3) is 6.76. The fourth-order valence-corrected chi connectivity index (χ4v) is 4.79. The molecule has 1 aliphatic carbocycles. The average molecular weight is 523 g/mol. The Kier molecular flexibility index (Phi) is 8.13. The van der Waals surface area contributed by atoms with E-state index in [2.05, 4.69) is 84.6 Å². The van der Waals surface area contributed by atoms with Gasteiger partial charge in [-0.3, -0.25) is 9.89 Å². The molecular weight excluding hydrogens is 484 g/mol. The number of para-hydroxylation sites is 1. The normalized spacial score (nSPS) is 17.7. The highest BCUT2D eigenvalue weighted by atomic mass is 16.5. The average Bonchev–Trinajstić information content (AvgIpc) is 3.65. The van der Waals surface area contributed by atoms with Gasteiger partial charge in [0.2, 0.25) is 5.91 Å². The predicted molar refractivity (Wildman–Crippen MR) is 160 cm³/mol. The molecule has 4 aromatic rings. The van der Waals surface area contributed by atoms with Crippen molar-refractivity contribution < 1.29 is 9.53 Å². The third-order valence-electron chi connectivity index (χ3n) is 7.63. The van der Waals surface area contributed by atoms with Gasteiger partial charge in [-0.2, -0.15) is 5.10 Å². The number of amides is 1. The Balaban J connectivity index is 1.16. The van der Waals surface area contributed by atoms with Gasteiger partial charge in [0.05, 0.1) is 17.3 Å². The smallest absolute Gasteiger partial charge is 0.228 e. The van der Waals surface area contributed by atoms with E-state index in [1.807, 2.05) is 48.5 Å². The molecule has 3 aromatic carbocycles. The predicted octanol–water partition coefficient (Wildman–Crippen LogP) is 6.97. The van der Waals surface area contributed by atoms with Gasteiger partial charge < -0.3 is 15.0 Å². The molecule has 6 heteroatoms. The van der Waals surface area contributed by atoms with E-state index >= 15 is 0 Å². The Labute approximate surface area is 231 Å². The first-order valence-corrected chi connectivity index (χ1v) is 13.9. The van der Waals surface area contributed by atoms with Gasteiger partial charge in [0, 0.05) is 29.6 Å². The van der Waals surface area contributed by atoms with Crippen LogP contribution in [0.2, 0.25) is 0 Å². The zero-order valence-corrected chi connectivity index (χ0v) is 23.2. The first kappa shape index (κ1) is 26.7. The molecule has 39 heavy (non-hydrogen) atoms. The van der Waals surface area contributed by atoms with Crippen LogP contribution in [0.5, 0.6) is 5.75 Å². The highest BCUT2D eigenvalue weighted by molar-refractivity contribution is 5.95. The van der Waals surface area contributed by atoms with Crippen LogP contribution in [-0.4, -0.2) is 46.7 Å². The lowest BCUT2D eigenvalue weighted by Gasteiger charge is -2.23. The summed E-state index contributed by atoms with van der Waals surface area (Å²) in [5, 5.41) is 11.8. The van der Waals surface area contributed by atoms with Crippen molar-refractivity contribution in [2.24, 2.45) is 5.92 Å². The van der Waals surface area contributed by atoms with Crippen molar-refractivity contribution in [3.63, 3.8) is 0 Å².